The third-order valence-electron chi connectivity index (χ3n) is 4.49. The molecule has 1 spiro atoms. The summed E-state index contributed by atoms with van der Waals surface area (Å²) >= 11 is 0. The SMILES string of the molecule is O=C(CC1(O)CC1)c1cccc2c1C(=O)OC21CNC1. The van der Waals surface area contributed by atoms with Gasteiger partial charge in [0.15, 0.2) is 11.4 Å². The fourth-order valence-electron chi connectivity index (χ4n) is 3.00. The van der Waals surface area contributed by atoms with Gasteiger partial charge in [-0.05, 0) is 12.8 Å². The molecule has 0 radical (unpaired) electrons. The maximum Gasteiger partial charge on any atom is 0.340 e. The summed E-state index contributed by atoms with van der Waals surface area (Å²) in [6.07, 6.45) is 1.40. The second kappa shape index (κ2) is 3.68. The number of ketones is 1. The van der Waals surface area contributed by atoms with Gasteiger partial charge in [-0.15, -0.1) is 0 Å². The van der Waals surface area contributed by atoms with E-state index in [0.29, 0.717) is 37.1 Å². The van der Waals surface area contributed by atoms with Crippen molar-refractivity contribution in [3.05, 3.63) is 34.9 Å². The Morgan fingerprint density at radius 3 is 2.70 bits per heavy atom. The highest BCUT2D eigenvalue weighted by molar-refractivity contribution is 6.09. The number of benzene rings is 1. The molecule has 2 N–H and O–H groups in total. The number of rotatable bonds is 3. The predicted octanol–water partition coefficient (Wildman–Crippen LogP) is 0.753. The minimum absolute atomic E-state index is 0.0853. The van der Waals surface area contributed by atoms with Gasteiger partial charge in [0.05, 0.1) is 11.2 Å². The van der Waals surface area contributed by atoms with E-state index in [9.17, 15) is 14.7 Å². The van der Waals surface area contributed by atoms with Gasteiger partial charge in [0, 0.05) is 30.6 Å². The van der Waals surface area contributed by atoms with E-state index < -0.39 is 17.2 Å². The lowest BCUT2D eigenvalue weighted by atomic mass is 9.84. The Labute approximate surface area is 115 Å². The third kappa shape index (κ3) is 1.57. The van der Waals surface area contributed by atoms with E-state index in [-0.39, 0.29) is 12.2 Å². The molecule has 1 aromatic rings. The summed E-state index contributed by atoms with van der Waals surface area (Å²) in [7, 11) is 0. The summed E-state index contributed by atoms with van der Waals surface area (Å²) in [4.78, 5) is 24.5. The van der Waals surface area contributed by atoms with Gasteiger partial charge in [-0.3, -0.25) is 4.79 Å². The molecule has 1 saturated heterocycles. The molecule has 0 amide bonds. The Morgan fingerprint density at radius 1 is 1.35 bits per heavy atom. The first-order valence-electron chi connectivity index (χ1n) is 6.86. The molecule has 0 aromatic heterocycles. The van der Waals surface area contributed by atoms with Crippen LogP contribution < -0.4 is 5.32 Å². The molecule has 2 fully saturated rings. The van der Waals surface area contributed by atoms with Crippen LogP contribution in [0.25, 0.3) is 0 Å². The van der Waals surface area contributed by atoms with Crippen molar-refractivity contribution < 1.29 is 19.4 Å². The number of hydrogen-bond donors (Lipinski definition) is 2. The fraction of sp³-hybridized carbons (Fsp3) is 0.467. The number of nitrogens with one attached hydrogen (secondary N) is 1. The van der Waals surface area contributed by atoms with Crippen molar-refractivity contribution >= 4 is 11.8 Å². The molecule has 104 valence electrons. The van der Waals surface area contributed by atoms with Gasteiger partial charge in [0.25, 0.3) is 0 Å². The topological polar surface area (TPSA) is 75.6 Å². The van der Waals surface area contributed by atoms with Crippen molar-refractivity contribution in [2.75, 3.05) is 13.1 Å². The highest BCUT2D eigenvalue weighted by atomic mass is 16.6. The first-order chi connectivity index (χ1) is 9.53. The molecule has 1 aliphatic carbocycles. The second-order valence-electron chi connectivity index (χ2n) is 6.04. The van der Waals surface area contributed by atoms with Crippen molar-refractivity contribution in [1.82, 2.24) is 5.32 Å². The lowest BCUT2D eigenvalue weighted by Gasteiger charge is -2.38. The fourth-order valence-corrected chi connectivity index (χ4v) is 3.00. The molecule has 2 heterocycles. The summed E-state index contributed by atoms with van der Waals surface area (Å²) in [5.41, 5.74) is 0.145. The van der Waals surface area contributed by atoms with Crippen molar-refractivity contribution in [3.8, 4) is 0 Å². The molecule has 1 aromatic carbocycles. The zero-order chi connectivity index (χ0) is 14.0. The number of ether oxygens (including phenoxy) is 1. The van der Waals surface area contributed by atoms with E-state index in [1.165, 1.54) is 0 Å². The first-order valence-corrected chi connectivity index (χ1v) is 6.86. The van der Waals surface area contributed by atoms with Crippen LogP contribution in [0, 0.1) is 0 Å². The molecule has 0 unspecified atom stereocenters. The number of hydrogen-bond acceptors (Lipinski definition) is 5. The number of esters is 1. The van der Waals surface area contributed by atoms with Gasteiger partial charge in [0.1, 0.15) is 0 Å². The summed E-state index contributed by atoms with van der Waals surface area (Å²) in [6.45, 7) is 1.18. The van der Waals surface area contributed by atoms with Crippen molar-refractivity contribution in [2.24, 2.45) is 0 Å². The molecule has 4 rings (SSSR count). The molecular weight excluding hydrogens is 258 g/mol. The summed E-state index contributed by atoms with van der Waals surface area (Å²) in [6, 6.07) is 5.29. The summed E-state index contributed by atoms with van der Waals surface area (Å²) in [5.74, 6) is -0.601. The molecule has 2 aliphatic heterocycles. The van der Waals surface area contributed by atoms with Crippen LogP contribution in [0.1, 0.15) is 45.5 Å². The Kier molecular flexibility index (Phi) is 2.22. The number of aliphatic hydroxyl groups is 1. The van der Waals surface area contributed by atoms with Crippen LogP contribution in [0.15, 0.2) is 18.2 Å². The van der Waals surface area contributed by atoms with Crippen molar-refractivity contribution in [3.63, 3.8) is 0 Å². The van der Waals surface area contributed by atoms with Crippen LogP contribution in [-0.4, -0.2) is 35.5 Å². The minimum atomic E-state index is -0.849. The van der Waals surface area contributed by atoms with Crippen molar-refractivity contribution in [2.45, 2.75) is 30.5 Å². The van der Waals surface area contributed by atoms with Gasteiger partial charge >= 0.3 is 5.97 Å². The Hall–Kier alpha value is -1.72. The Bertz CT molecular complexity index is 629. The average Bonchev–Trinajstić information content (AvgIpc) is 3.00. The molecule has 3 aliphatic rings. The summed E-state index contributed by atoms with van der Waals surface area (Å²) < 4.78 is 5.48. The molecule has 1 saturated carbocycles. The van der Waals surface area contributed by atoms with Crippen LogP contribution >= 0.6 is 0 Å². The number of carbonyl (C=O) groups is 2. The maximum absolute atomic E-state index is 12.3. The Balaban J connectivity index is 1.75. The zero-order valence-corrected chi connectivity index (χ0v) is 10.9. The normalized spacial score (nSPS) is 23.9. The van der Waals surface area contributed by atoms with Gasteiger partial charge < -0.3 is 15.2 Å². The maximum atomic E-state index is 12.3. The second-order valence-corrected chi connectivity index (χ2v) is 6.04. The van der Waals surface area contributed by atoms with Gasteiger partial charge in [-0.1, -0.05) is 18.2 Å². The van der Waals surface area contributed by atoms with E-state index >= 15 is 0 Å². The zero-order valence-electron chi connectivity index (χ0n) is 10.9. The molecule has 20 heavy (non-hydrogen) atoms. The highest BCUT2D eigenvalue weighted by Crippen LogP contribution is 2.43. The van der Waals surface area contributed by atoms with Crippen LogP contribution in [0.5, 0.6) is 0 Å². The van der Waals surface area contributed by atoms with Crippen LogP contribution in [-0.2, 0) is 10.3 Å². The quantitative estimate of drug-likeness (QED) is 0.628. The van der Waals surface area contributed by atoms with Gasteiger partial charge in [-0.2, -0.15) is 0 Å². The molecule has 5 nitrogen and oxygen atoms in total. The predicted molar refractivity (Wildman–Crippen MR) is 69.5 cm³/mol. The van der Waals surface area contributed by atoms with E-state index in [1.807, 2.05) is 6.07 Å². The molecule has 0 bridgehead atoms. The van der Waals surface area contributed by atoms with Gasteiger partial charge in [-0.25, -0.2) is 4.79 Å². The minimum Gasteiger partial charge on any atom is -0.448 e. The summed E-state index contributed by atoms with van der Waals surface area (Å²) in [5, 5.41) is 13.0. The van der Waals surface area contributed by atoms with E-state index in [4.69, 9.17) is 4.74 Å². The van der Waals surface area contributed by atoms with Gasteiger partial charge in [0.2, 0.25) is 0 Å². The van der Waals surface area contributed by atoms with E-state index in [0.717, 1.165) is 5.56 Å². The van der Waals surface area contributed by atoms with E-state index in [2.05, 4.69) is 5.32 Å². The largest absolute Gasteiger partial charge is 0.448 e. The highest BCUT2D eigenvalue weighted by Gasteiger charge is 2.51. The Morgan fingerprint density at radius 2 is 2.10 bits per heavy atom. The third-order valence-corrected chi connectivity index (χ3v) is 4.49. The lowest BCUT2D eigenvalue weighted by Crippen LogP contribution is -2.56. The molecular formula is C15H15NO4. The van der Waals surface area contributed by atoms with Crippen LogP contribution in [0.4, 0.5) is 0 Å². The lowest BCUT2D eigenvalue weighted by molar-refractivity contribution is -0.0369. The monoisotopic (exact) mass is 273 g/mol. The molecule has 0 atom stereocenters. The number of carbonyl (C=O) groups excluding carboxylic acids is 2. The average molecular weight is 273 g/mol. The smallest absolute Gasteiger partial charge is 0.340 e. The van der Waals surface area contributed by atoms with Crippen LogP contribution in [0.3, 0.4) is 0 Å². The standard InChI is InChI=1S/C15H15NO4/c17-11(6-14(19)4-5-14)9-2-1-3-10-12(9)13(18)20-15(10)7-16-8-15/h1-3,16,19H,4-8H2. The van der Waals surface area contributed by atoms with E-state index in [1.54, 1.807) is 12.1 Å². The number of fused-ring (bicyclic) bond motifs is 2. The first kappa shape index (κ1) is 12.1. The molecule has 5 heteroatoms. The van der Waals surface area contributed by atoms with Crippen LogP contribution in [0.2, 0.25) is 0 Å². The van der Waals surface area contributed by atoms with Crippen molar-refractivity contribution in [1.29, 1.82) is 0 Å². The number of Topliss-reactive ketones (excluding diaryl/α,β-unsaturated/α-hetero) is 1.